The summed E-state index contributed by atoms with van der Waals surface area (Å²) >= 11 is 6.10. The van der Waals surface area contributed by atoms with Gasteiger partial charge in [-0.05, 0) is 69.7 Å². The lowest BCUT2D eigenvalue weighted by Crippen LogP contribution is -2.54. The Morgan fingerprint density at radius 3 is 2.20 bits per heavy atom. The molecule has 11 heteroatoms. The molecular weight excluding hydrogens is 495 g/mol. The van der Waals surface area contributed by atoms with E-state index in [1.165, 1.54) is 31.1 Å². The fraction of sp³-hybridized carbons (Fsp3) is 0.417. The lowest BCUT2D eigenvalue weighted by Gasteiger charge is -2.34. The average molecular weight is 527 g/mol. The lowest BCUT2D eigenvalue weighted by atomic mass is 10.1. The predicted molar refractivity (Wildman–Crippen MR) is 136 cm³/mol. The number of anilines is 1. The fourth-order valence-corrected chi connectivity index (χ4v) is 4.48. The number of amides is 2. The molecule has 8 nitrogen and oxygen atoms in total. The number of benzene rings is 2. The number of carbonyl (C=O) groups excluding carboxylic acids is 2. The van der Waals surface area contributed by atoms with Crippen LogP contribution in [-0.2, 0) is 26.3 Å². The molecule has 0 fully saturated rings. The minimum atomic E-state index is -4.11. The smallest absolute Gasteiger partial charge is 0.304 e. The SMILES string of the molecule is C[C@H](C(=O)NC(C)(C)C)N(Cc1cccc(Cl)c1)C(=O)CN(c1ccc(F)cc1)S(=O)(=O)N(C)C. The maximum Gasteiger partial charge on any atom is 0.304 e. The molecule has 0 radical (unpaired) electrons. The quantitative estimate of drug-likeness (QED) is 0.542. The third-order valence-corrected chi connectivity index (χ3v) is 7.10. The van der Waals surface area contributed by atoms with Crippen LogP contribution in [0, 0.1) is 5.82 Å². The average Bonchev–Trinajstić information content (AvgIpc) is 2.74. The van der Waals surface area contributed by atoms with Gasteiger partial charge in [0.05, 0.1) is 5.69 Å². The Hall–Kier alpha value is -2.69. The van der Waals surface area contributed by atoms with Crippen LogP contribution >= 0.6 is 11.6 Å². The van der Waals surface area contributed by atoms with Crippen molar-refractivity contribution in [2.45, 2.75) is 45.8 Å². The first-order valence-electron chi connectivity index (χ1n) is 10.9. The molecule has 0 saturated heterocycles. The Morgan fingerprint density at radius 1 is 1.09 bits per heavy atom. The summed E-state index contributed by atoms with van der Waals surface area (Å²) in [6.45, 7) is 6.46. The highest BCUT2D eigenvalue weighted by molar-refractivity contribution is 7.90. The van der Waals surface area contributed by atoms with Crippen molar-refractivity contribution in [3.05, 3.63) is 64.9 Å². The first kappa shape index (κ1) is 28.5. The molecule has 0 heterocycles. The van der Waals surface area contributed by atoms with Gasteiger partial charge >= 0.3 is 10.2 Å². The molecule has 0 aromatic heterocycles. The van der Waals surface area contributed by atoms with E-state index in [1.807, 2.05) is 20.8 Å². The maximum absolute atomic E-state index is 13.6. The largest absolute Gasteiger partial charge is 0.350 e. The summed E-state index contributed by atoms with van der Waals surface area (Å²) in [5.41, 5.74) is 0.248. The molecule has 0 aliphatic rings. The second kappa shape index (κ2) is 11.4. The van der Waals surface area contributed by atoms with E-state index in [4.69, 9.17) is 11.6 Å². The van der Waals surface area contributed by atoms with E-state index in [2.05, 4.69) is 5.32 Å². The van der Waals surface area contributed by atoms with Crippen LogP contribution in [0.1, 0.15) is 33.3 Å². The molecule has 0 aliphatic heterocycles. The highest BCUT2D eigenvalue weighted by Crippen LogP contribution is 2.22. The third-order valence-electron chi connectivity index (χ3n) is 5.04. The van der Waals surface area contributed by atoms with E-state index in [-0.39, 0.29) is 12.2 Å². The molecule has 0 bridgehead atoms. The maximum atomic E-state index is 13.6. The number of rotatable bonds is 9. The summed E-state index contributed by atoms with van der Waals surface area (Å²) in [5, 5.41) is 3.31. The summed E-state index contributed by atoms with van der Waals surface area (Å²) in [6, 6.07) is 10.7. The zero-order valence-corrected chi connectivity index (χ0v) is 22.3. The van der Waals surface area contributed by atoms with Crippen molar-refractivity contribution < 1.29 is 22.4 Å². The number of hydrogen-bond donors (Lipinski definition) is 1. The van der Waals surface area contributed by atoms with Crippen molar-refractivity contribution in [2.75, 3.05) is 24.9 Å². The van der Waals surface area contributed by atoms with Gasteiger partial charge in [-0.15, -0.1) is 0 Å². The summed E-state index contributed by atoms with van der Waals surface area (Å²) in [4.78, 5) is 27.8. The second-order valence-corrected chi connectivity index (χ2v) is 11.8. The van der Waals surface area contributed by atoms with E-state index in [0.29, 0.717) is 10.6 Å². The third kappa shape index (κ3) is 7.91. The van der Waals surface area contributed by atoms with Crippen LogP contribution in [0.3, 0.4) is 0 Å². The highest BCUT2D eigenvalue weighted by Gasteiger charge is 2.33. The predicted octanol–water partition coefficient (Wildman–Crippen LogP) is 3.42. The standard InChI is InChI=1S/C24H32ClFN4O4S/c1-17(23(32)27-24(2,3)4)29(15-18-8-7-9-19(25)14-18)22(31)16-30(35(33,34)28(5)6)21-12-10-20(26)11-13-21/h7-14,17H,15-16H2,1-6H3,(H,27,32)/t17-/m1/s1. The lowest BCUT2D eigenvalue weighted by molar-refractivity contribution is -0.140. The number of nitrogens with one attached hydrogen (secondary N) is 1. The van der Waals surface area contributed by atoms with Crippen LogP contribution in [0.15, 0.2) is 48.5 Å². The van der Waals surface area contributed by atoms with Crippen molar-refractivity contribution >= 4 is 39.3 Å². The molecule has 1 atom stereocenters. The van der Waals surface area contributed by atoms with E-state index in [9.17, 15) is 22.4 Å². The Balaban J connectivity index is 2.46. The normalized spacial score (nSPS) is 12.8. The molecule has 0 saturated carbocycles. The van der Waals surface area contributed by atoms with E-state index >= 15 is 0 Å². The van der Waals surface area contributed by atoms with Gasteiger partial charge < -0.3 is 10.2 Å². The molecule has 2 amide bonds. The van der Waals surface area contributed by atoms with Crippen LogP contribution in [0.2, 0.25) is 5.02 Å². The van der Waals surface area contributed by atoms with Gasteiger partial charge in [-0.1, -0.05) is 23.7 Å². The van der Waals surface area contributed by atoms with Crippen LogP contribution in [0.25, 0.3) is 0 Å². The van der Waals surface area contributed by atoms with Crippen molar-refractivity contribution in [3.63, 3.8) is 0 Å². The second-order valence-electron chi connectivity index (χ2n) is 9.34. The minimum Gasteiger partial charge on any atom is -0.350 e. The molecule has 2 aromatic carbocycles. The molecule has 1 N–H and O–H groups in total. The molecule has 2 aromatic rings. The number of hydrogen-bond acceptors (Lipinski definition) is 4. The molecular formula is C24H32ClFN4O4S. The van der Waals surface area contributed by atoms with Crippen LogP contribution in [-0.4, -0.2) is 61.7 Å². The zero-order valence-electron chi connectivity index (χ0n) is 20.7. The van der Waals surface area contributed by atoms with E-state index in [0.717, 1.165) is 20.7 Å². The Kier molecular flexibility index (Phi) is 9.27. The number of halogens is 2. The van der Waals surface area contributed by atoms with Crippen LogP contribution in [0.5, 0.6) is 0 Å². The molecule has 0 unspecified atom stereocenters. The molecule has 192 valence electrons. The van der Waals surface area contributed by atoms with E-state index < -0.39 is 46.0 Å². The van der Waals surface area contributed by atoms with Gasteiger partial charge in [-0.2, -0.15) is 12.7 Å². The molecule has 0 aliphatic carbocycles. The Morgan fingerprint density at radius 2 is 1.69 bits per heavy atom. The molecule has 0 spiro atoms. The summed E-state index contributed by atoms with van der Waals surface area (Å²) in [7, 11) is -1.45. The van der Waals surface area contributed by atoms with Crippen molar-refractivity contribution in [3.8, 4) is 0 Å². The minimum absolute atomic E-state index is 0.0252. The van der Waals surface area contributed by atoms with Gasteiger partial charge in [0.25, 0.3) is 0 Å². The van der Waals surface area contributed by atoms with Crippen LogP contribution in [0.4, 0.5) is 10.1 Å². The van der Waals surface area contributed by atoms with Crippen LogP contribution < -0.4 is 9.62 Å². The topological polar surface area (TPSA) is 90.0 Å². The number of carbonyl (C=O) groups is 2. The summed E-state index contributed by atoms with van der Waals surface area (Å²) < 4.78 is 41.5. The molecule has 2 rings (SSSR count). The van der Waals surface area contributed by atoms with Gasteiger partial charge in [0.2, 0.25) is 11.8 Å². The van der Waals surface area contributed by atoms with Crippen molar-refractivity contribution in [1.29, 1.82) is 0 Å². The van der Waals surface area contributed by atoms with Gasteiger partial charge in [0.1, 0.15) is 18.4 Å². The van der Waals surface area contributed by atoms with Crippen molar-refractivity contribution in [1.82, 2.24) is 14.5 Å². The first-order chi connectivity index (χ1) is 16.1. The Labute approximate surface area is 211 Å². The summed E-state index contributed by atoms with van der Waals surface area (Å²) in [5.74, 6) is -1.55. The fourth-order valence-electron chi connectivity index (χ4n) is 3.21. The van der Waals surface area contributed by atoms with Gasteiger partial charge in [-0.25, -0.2) is 8.70 Å². The van der Waals surface area contributed by atoms with Gasteiger partial charge in [-0.3, -0.25) is 9.59 Å². The molecule has 35 heavy (non-hydrogen) atoms. The highest BCUT2D eigenvalue weighted by atomic mass is 35.5. The first-order valence-corrected chi connectivity index (χ1v) is 12.7. The Bertz CT molecular complexity index is 1150. The van der Waals surface area contributed by atoms with Gasteiger partial charge in [0, 0.05) is 31.2 Å². The number of nitrogens with zero attached hydrogens (tertiary/aromatic N) is 3. The zero-order chi connectivity index (χ0) is 26.6. The monoisotopic (exact) mass is 526 g/mol. The van der Waals surface area contributed by atoms with Crippen molar-refractivity contribution in [2.24, 2.45) is 0 Å². The van der Waals surface area contributed by atoms with E-state index in [1.54, 1.807) is 31.2 Å². The van der Waals surface area contributed by atoms with Gasteiger partial charge in [0.15, 0.2) is 0 Å². The summed E-state index contributed by atoms with van der Waals surface area (Å²) in [6.07, 6.45) is 0.